The number of anilines is 1. The van der Waals surface area contributed by atoms with Crippen molar-refractivity contribution in [3.63, 3.8) is 0 Å². The van der Waals surface area contributed by atoms with Gasteiger partial charge in [-0.1, -0.05) is 6.07 Å². The third-order valence-corrected chi connectivity index (χ3v) is 4.43. The number of amides is 2. The van der Waals surface area contributed by atoms with Gasteiger partial charge in [0, 0.05) is 37.4 Å². The molecule has 1 unspecified atom stereocenters. The molecule has 1 fully saturated rings. The molecule has 0 saturated carbocycles. The summed E-state index contributed by atoms with van der Waals surface area (Å²) in [6.45, 7) is 11.1. The van der Waals surface area contributed by atoms with Crippen molar-refractivity contribution in [3.8, 4) is 5.75 Å². The second-order valence-corrected chi connectivity index (χ2v) is 7.90. The van der Waals surface area contributed by atoms with Crippen LogP contribution in [0.3, 0.4) is 0 Å². The van der Waals surface area contributed by atoms with Crippen molar-refractivity contribution in [2.45, 2.75) is 52.3 Å². The van der Waals surface area contributed by atoms with Gasteiger partial charge in [-0.15, -0.1) is 0 Å². The standard InChI is InChI=1S/C20H31N3O4/c1-14-13-22(18(24)15(2)21-19(25)27-20(3,4)5)10-11-23(14)16-8-7-9-17(12-16)26-6/h7-9,12,14-15H,10-11,13H2,1-6H3,(H,21,25)/t14?,15-/m1/s1. The predicted molar refractivity (Wildman–Crippen MR) is 105 cm³/mol. The fraction of sp³-hybridized carbons (Fsp3) is 0.600. The van der Waals surface area contributed by atoms with E-state index in [1.54, 1.807) is 39.7 Å². The molecule has 1 aromatic rings. The van der Waals surface area contributed by atoms with Gasteiger partial charge in [-0.2, -0.15) is 0 Å². The molecular formula is C20H31N3O4. The van der Waals surface area contributed by atoms with Gasteiger partial charge in [0.05, 0.1) is 7.11 Å². The highest BCUT2D eigenvalue weighted by Crippen LogP contribution is 2.25. The number of ether oxygens (including phenoxy) is 2. The molecule has 1 aromatic carbocycles. The third-order valence-electron chi connectivity index (χ3n) is 4.43. The number of hydrogen-bond donors (Lipinski definition) is 1. The Balaban J connectivity index is 1.94. The van der Waals surface area contributed by atoms with E-state index in [4.69, 9.17) is 9.47 Å². The van der Waals surface area contributed by atoms with Gasteiger partial charge in [0.2, 0.25) is 5.91 Å². The van der Waals surface area contributed by atoms with E-state index in [0.29, 0.717) is 13.1 Å². The van der Waals surface area contributed by atoms with E-state index >= 15 is 0 Å². The minimum atomic E-state index is -0.629. The average Bonchev–Trinajstić information content (AvgIpc) is 2.59. The van der Waals surface area contributed by atoms with Gasteiger partial charge < -0.3 is 24.6 Å². The van der Waals surface area contributed by atoms with Crippen LogP contribution in [0.15, 0.2) is 24.3 Å². The lowest BCUT2D eigenvalue weighted by atomic mass is 10.1. The van der Waals surface area contributed by atoms with Crippen LogP contribution in [0, 0.1) is 0 Å². The highest BCUT2D eigenvalue weighted by Gasteiger charge is 2.30. The van der Waals surface area contributed by atoms with Gasteiger partial charge in [-0.3, -0.25) is 4.79 Å². The quantitative estimate of drug-likeness (QED) is 0.873. The Morgan fingerprint density at radius 2 is 1.96 bits per heavy atom. The van der Waals surface area contributed by atoms with Crippen molar-refractivity contribution in [1.82, 2.24) is 10.2 Å². The summed E-state index contributed by atoms with van der Waals surface area (Å²) in [6, 6.07) is 7.45. The molecule has 0 aromatic heterocycles. The Bertz CT molecular complexity index is 671. The Hall–Kier alpha value is -2.44. The lowest BCUT2D eigenvalue weighted by Gasteiger charge is -2.42. The molecule has 0 spiro atoms. The summed E-state index contributed by atoms with van der Waals surface area (Å²) in [4.78, 5) is 28.7. The smallest absolute Gasteiger partial charge is 0.408 e. The van der Waals surface area contributed by atoms with Crippen LogP contribution in [-0.4, -0.2) is 61.3 Å². The molecule has 2 amide bonds. The number of piperazine rings is 1. The van der Waals surface area contributed by atoms with Crippen LogP contribution >= 0.6 is 0 Å². The van der Waals surface area contributed by atoms with Gasteiger partial charge >= 0.3 is 6.09 Å². The van der Waals surface area contributed by atoms with E-state index in [9.17, 15) is 9.59 Å². The first kappa shape index (κ1) is 20.9. The van der Waals surface area contributed by atoms with E-state index in [-0.39, 0.29) is 11.9 Å². The minimum Gasteiger partial charge on any atom is -0.497 e. The molecule has 0 radical (unpaired) electrons. The maximum Gasteiger partial charge on any atom is 0.408 e. The van der Waals surface area contributed by atoms with E-state index in [2.05, 4.69) is 17.1 Å². The molecule has 1 aliphatic rings. The van der Waals surface area contributed by atoms with E-state index in [0.717, 1.165) is 18.0 Å². The zero-order valence-corrected chi connectivity index (χ0v) is 17.1. The Morgan fingerprint density at radius 3 is 2.56 bits per heavy atom. The first-order chi connectivity index (χ1) is 12.6. The Kier molecular flexibility index (Phi) is 6.57. The zero-order chi connectivity index (χ0) is 20.2. The number of nitrogens with one attached hydrogen (secondary N) is 1. The molecule has 2 atom stereocenters. The number of methoxy groups -OCH3 is 1. The molecular weight excluding hydrogens is 346 g/mol. The van der Waals surface area contributed by atoms with Gasteiger partial charge in [0.25, 0.3) is 0 Å². The second-order valence-electron chi connectivity index (χ2n) is 7.90. The summed E-state index contributed by atoms with van der Waals surface area (Å²) in [5.41, 5.74) is 0.484. The van der Waals surface area contributed by atoms with E-state index < -0.39 is 17.7 Å². The van der Waals surface area contributed by atoms with Crippen molar-refractivity contribution in [3.05, 3.63) is 24.3 Å². The van der Waals surface area contributed by atoms with Crippen molar-refractivity contribution < 1.29 is 19.1 Å². The van der Waals surface area contributed by atoms with Crippen LogP contribution in [0.1, 0.15) is 34.6 Å². The molecule has 1 N–H and O–H groups in total. The number of benzene rings is 1. The van der Waals surface area contributed by atoms with Gasteiger partial charge in [0.1, 0.15) is 17.4 Å². The lowest BCUT2D eigenvalue weighted by molar-refractivity contribution is -0.133. The molecule has 7 heteroatoms. The molecule has 1 heterocycles. The Labute approximate surface area is 161 Å². The van der Waals surface area contributed by atoms with Crippen LogP contribution < -0.4 is 15.0 Å². The van der Waals surface area contributed by atoms with Crippen LogP contribution in [0.5, 0.6) is 5.75 Å². The van der Waals surface area contributed by atoms with Crippen LogP contribution in [0.25, 0.3) is 0 Å². The van der Waals surface area contributed by atoms with Crippen molar-refractivity contribution >= 4 is 17.7 Å². The maximum absolute atomic E-state index is 12.7. The molecule has 1 aliphatic heterocycles. The number of nitrogens with zero attached hydrogens (tertiary/aromatic N) is 2. The van der Waals surface area contributed by atoms with Crippen molar-refractivity contribution in [2.75, 3.05) is 31.6 Å². The summed E-state index contributed by atoms with van der Waals surface area (Å²) in [5, 5.41) is 2.62. The zero-order valence-electron chi connectivity index (χ0n) is 17.1. The fourth-order valence-corrected chi connectivity index (χ4v) is 3.15. The van der Waals surface area contributed by atoms with Crippen molar-refractivity contribution in [1.29, 1.82) is 0 Å². The molecule has 2 rings (SSSR count). The topological polar surface area (TPSA) is 71.1 Å². The number of carbonyl (C=O) groups is 2. The SMILES string of the molecule is COc1cccc(N2CCN(C(=O)[C@@H](C)NC(=O)OC(C)(C)C)CC2C)c1. The van der Waals surface area contributed by atoms with E-state index in [1.165, 1.54) is 0 Å². The number of alkyl carbamates (subject to hydrolysis) is 1. The highest BCUT2D eigenvalue weighted by atomic mass is 16.6. The summed E-state index contributed by atoms with van der Waals surface area (Å²) < 4.78 is 10.5. The minimum absolute atomic E-state index is 0.0991. The van der Waals surface area contributed by atoms with Crippen LogP contribution in [-0.2, 0) is 9.53 Å². The van der Waals surface area contributed by atoms with E-state index in [1.807, 2.05) is 24.3 Å². The summed E-state index contributed by atoms with van der Waals surface area (Å²) >= 11 is 0. The molecule has 27 heavy (non-hydrogen) atoms. The molecule has 0 aliphatic carbocycles. The highest BCUT2D eigenvalue weighted by molar-refractivity contribution is 5.85. The summed E-state index contributed by atoms with van der Waals surface area (Å²) in [7, 11) is 1.65. The lowest BCUT2D eigenvalue weighted by Crippen LogP contribution is -2.57. The molecule has 1 saturated heterocycles. The first-order valence-electron chi connectivity index (χ1n) is 9.29. The first-order valence-corrected chi connectivity index (χ1v) is 9.29. The average molecular weight is 377 g/mol. The number of hydrogen-bond acceptors (Lipinski definition) is 5. The van der Waals surface area contributed by atoms with Crippen LogP contribution in [0.4, 0.5) is 10.5 Å². The largest absolute Gasteiger partial charge is 0.497 e. The Morgan fingerprint density at radius 1 is 1.26 bits per heavy atom. The molecule has 150 valence electrons. The fourth-order valence-electron chi connectivity index (χ4n) is 3.15. The normalized spacial score (nSPS) is 18.7. The van der Waals surface area contributed by atoms with Gasteiger partial charge in [-0.25, -0.2) is 4.79 Å². The second kappa shape index (κ2) is 8.50. The predicted octanol–water partition coefficient (Wildman–Crippen LogP) is 2.65. The summed E-state index contributed by atoms with van der Waals surface area (Å²) in [6.07, 6.45) is -0.577. The maximum atomic E-state index is 12.7. The summed E-state index contributed by atoms with van der Waals surface area (Å²) in [5.74, 6) is 0.714. The molecule has 7 nitrogen and oxygen atoms in total. The van der Waals surface area contributed by atoms with Crippen molar-refractivity contribution in [2.24, 2.45) is 0 Å². The third kappa shape index (κ3) is 5.77. The van der Waals surface area contributed by atoms with Crippen LogP contribution in [0.2, 0.25) is 0 Å². The number of carbonyl (C=O) groups excluding carboxylic acids is 2. The molecule has 0 bridgehead atoms. The van der Waals surface area contributed by atoms with Gasteiger partial charge in [-0.05, 0) is 46.8 Å². The monoisotopic (exact) mass is 377 g/mol. The number of rotatable bonds is 4. The van der Waals surface area contributed by atoms with Gasteiger partial charge in [0.15, 0.2) is 0 Å².